The van der Waals surface area contributed by atoms with Crippen LogP contribution in [-0.4, -0.2) is 16.6 Å². The predicted octanol–water partition coefficient (Wildman–Crippen LogP) is 2.32. The van der Waals surface area contributed by atoms with E-state index in [-0.39, 0.29) is 5.25 Å². The number of ether oxygens (including phenoxy) is 1. The maximum absolute atomic E-state index is 11.9. The van der Waals surface area contributed by atoms with Gasteiger partial charge < -0.3 is 10.5 Å². The summed E-state index contributed by atoms with van der Waals surface area (Å²) in [7, 11) is 0.756. The molecule has 0 saturated heterocycles. The molecule has 0 fully saturated rings. The SMILES string of the molecule is CCC(C)S(=O)Cc1cc(N)cc(OC)c1. The summed E-state index contributed by atoms with van der Waals surface area (Å²) in [4.78, 5) is 0. The zero-order valence-corrected chi connectivity index (χ0v) is 10.8. The Labute approximate surface area is 99.4 Å². The lowest BCUT2D eigenvalue weighted by molar-refractivity contribution is 0.414. The van der Waals surface area contributed by atoms with Crippen LogP contribution < -0.4 is 10.5 Å². The van der Waals surface area contributed by atoms with Gasteiger partial charge >= 0.3 is 0 Å². The lowest BCUT2D eigenvalue weighted by atomic mass is 10.2. The van der Waals surface area contributed by atoms with E-state index in [0.29, 0.717) is 11.4 Å². The number of methoxy groups -OCH3 is 1. The fourth-order valence-corrected chi connectivity index (χ4v) is 2.53. The number of hydrogen-bond donors (Lipinski definition) is 1. The number of anilines is 1. The van der Waals surface area contributed by atoms with E-state index in [2.05, 4.69) is 0 Å². The van der Waals surface area contributed by atoms with E-state index in [0.717, 1.165) is 17.7 Å². The molecule has 0 heterocycles. The monoisotopic (exact) mass is 241 g/mol. The summed E-state index contributed by atoms with van der Waals surface area (Å²) in [5.41, 5.74) is 7.36. The van der Waals surface area contributed by atoms with Crippen LogP contribution in [0.15, 0.2) is 18.2 Å². The number of nitrogens with two attached hydrogens (primary N) is 1. The van der Waals surface area contributed by atoms with E-state index in [4.69, 9.17) is 10.5 Å². The van der Waals surface area contributed by atoms with Gasteiger partial charge in [-0.05, 0) is 24.1 Å². The summed E-state index contributed by atoms with van der Waals surface area (Å²) in [6, 6.07) is 5.50. The van der Waals surface area contributed by atoms with Crippen LogP contribution in [0.3, 0.4) is 0 Å². The Morgan fingerprint density at radius 3 is 2.69 bits per heavy atom. The Hall–Kier alpha value is -1.03. The van der Waals surface area contributed by atoms with Crippen molar-refractivity contribution in [3.8, 4) is 5.75 Å². The smallest absolute Gasteiger partial charge is 0.121 e. The molecule has 2 N–H and O–H groups in total. The van der Waals surface area contributed by atoms with Crippen molar-refractivity contribution < 1.29 is 8.95 Å². The lowest BCUT2D eigenvalue weighted by Gasteiger charge is -2.10. The minimum absolute atomic E-state index is 0.215. The van der Waals surface area contributed by atoms with Crippen LogP contribution in [0, 0.1) is 0 Å². The van der Waals surface area contributed by atoms with Gasteiger partial charge in [0.15, 0.2) is 0 Å². The van der Waals surface area contributed by atoms with Gasteiger partial charge in [0.2, 0.25) is 0 Å². The normalized spacial score (nSPS) is 14.4. The third-order valence-electron chi connectivity index (χ3n) is 2.56. The first-order valence-corrected chi connectivity index (χ1v) is 6.75. The van der Waals surface area contributed by atoms with Crippen LogP contribution in [0.5, 0.6) is 5.75 Å². The van der Waals surface area contributed by atoms with Gasteiger partial charge in [-0.2, -0.15) is 0 Å². The summed E-state index contributed by atoms with van der Waals surface area (Å²) in [5.74, 6) is 1.26. The first-order chi connectivity index (χ1) is 7.56. The second kappa shape index (κ2) is 5.89. The Morgan fingerprint density at radius 1 is 1.44 bits per heavy atom. The molecule has 3 nitrogen and oxygen atoms in total. The summed E-state index contributed by atoms with van der Waals surface area (Å²) in [5, 5.41) is 0.215. The molecule has 1 rings (SSSR count). The molecule has 0 aliphatic carbocycles. The van der Waals surface area contributed by atoms with Gasteiger partial charge in [0.25, 0.3) is 0 Å². The minimum Gasteiger partial charge on any atom is -0.497 e. The predicted molar refractivity (Wildman–Crippen MR) is 69.0 cm³/mol. The molecule has 0 aliphatic heterocycles. The molecule has 90 valence electrons. The zero-order chi connectivity index (χ0) is 12.1. The van der Waals surface area contributed by atoms with Gasteiger partial charge in [0.1, 0.15) is 5.75 Å². The lowest BCUT2D eigenvalue weighted by Crippen LogP contribution is -2.11. The first-order valence-electron chi connectivity index (χ1n) is 5.37. The van der Waals surface area contributed by atoms with Gasteiger partial charge in [-0.1, -0.05) is 13.8 Å². The topological polar surface area (TPSA) is 52.3 Å². The standard InChI is InChI=1S/C12H19NO2S/c1-4-9(2)16(14)8-10-5-11(13)7-12(6-10)15-3/h5-7,9H,4,8,13H2,1-3H3. The molecule has 0 amide bonds. The van der Waals surface area contributed by atoms with Crippen molar-refractivity contribution in [1.29, 1.82) is 0 Å². The quantitative estimate of drug-likeness (QED) is 0.805. The molecule has 0 aromatic heterocycles. The van der Waals surface area contributed by atoms with Crippen molar-refractivity contribution in [2.75, 3.05) is 12.8 Å². The van der Waals surface area contributed by atoms with Crippen LogP contribution in [0.25, 0.3) is 0 Å². The number of benzene rings is 1. The minimum atomic E-state index is -0.845. The van der Waals surface area contributed by atoms with E-state index in [9.17, 15) is 4.21 Å². The van der Waals surface area contributed by atoms with Gasteiger partial charge in [-0.3, -0.25) is 4.21 Å². The molecular weight excluding hydrogens is 222 g/mol. The first kappa shape index (κ1) is 13.0. The highest BCUT2D eigenvalue weighted by molar-refractivity contribution is 7.84. The van der Waals surface area contributed by atoms with E-state index in [1.807, 2.05) is 26.0 Å². The number of hydrogen-bond acceptors (Lipinski definition) is 3. The Kier molecular flexibility index (Phi) is 4.80. The molecular formula is C12H19NO2S. The van der Waals surface area contributed by atoms with E-state index < -0.39 is 10.8 Å². The average Bonchev–Trinajstić information content (AvgIpc) is 2.26. The molecule has 0 spiro atoms. The number of nitrogen functional groups attached to an aromatic ring is 1. The van der Waals surface area contributed by atoms with Crippen LogP contribution in [0.2, 0.25) is 0 Å². The van der Waals surface area contributed by atoms with Crippen molar-refractivity contribution in [3.05, 3.63) is 23.8 Å². The fraction of sp³-hybridized carbons (Fsp3) is 0.500. The summed E-state index contributed by atoms with van der Waals surface area (Å²) < 4.78 is 17.0. The largest absolute Gasteiger partial charge is 0.497 e. The molecule has 1 aromatic carbocycles. The van der Waals surface area contributed by atoms with Crippen molar-refractivity contribution in [2.45, 2.75) is 31.3 Å². The van der Waals surface area contributed by atoms with Crippen LogP contribution >= 0.6 is 0 Å². The molecule has 1 aromatic rings. The van der Waals surface area contributed by atoms with Crippen molar-refractivity contribution in [2.24, 2.45) is 0 Å². The summed E-state index contributed by atoms with van der Waals surface area (Å²) in [6.45, 7) is 4.04. The Bertz CT molecular complexity index is 379. The Morgan fingerprint density at radius 2 is 2.12 bits per heavy atom. The number of rotatable bonds is 5. The molecule has 16 heavy (non-hydrogen) atoms. The third-order valence-corrected chi connectivity index (χ3v) is 4.41. The van der Waals surface area contributed by atoms with Crippen molar-refractivity contribution in [3.63, 3.8) is 0 Å². The summed E-state index contributed by atoms with van der Waals surface area (Å²) in [6.07, 6.45) is 0.923. The average molecular weight is 241 g/mol. The molecule has 2 atom stereocenters. The molecule has 2 unspecified atom stereocenters. The van der Waals surface area contributed by atoms with Gasteiger partial charge in [-0.25, -0.2) is 0 Å². The van der Waals surface area contributed by atoms with E-state index >= 15 is 0 Å². The van der Waals surface area contributed by atoms with Crippen LogP contribution in [-0.2, 0) is 16.6 Å². The third kappa shape index (κ3) is 3.52. The van der Waals surface area contributed by atoms with Gasteiger partial charge in [-0.15, -0.1) is 0 Å². The molecule has 4 heteroatoms. The molecule has 0 bridgehead atoms. The van der Waals surface area contributed by atoms with Crippen LogP contribution in [0.4, 0.5) is 5.69 Å². The fourth-order valence-electron chi connectivity index (χ4n) is 1.38. The maximum atomic E-state index is 11.9. The molecule has 0 aliphatic rings. The van der Waals surface area contributed by atoms with Crippen molar-refractivity contribution in [1.82, 2.24) is 0 Å². The molecule has 0 saturated carbocycles. The van der Waals surface area contributed by atoms with Crippen molar-refractivity contribution >= 4 is 16.5 Å². The Balaban J connectivity index is 2.81. The highest BCUT2D eigenvalue weighted by Crippen LogP contribution is 2.20. The summed E-state index contributed by atoms with van der Waals surface area (Å²) >= 11 is 0. The van der Waals surface area contributed by atoms with Gasteiger partial charge in [0, 0.05) is 33.6 Å². The second-order valence-corrected chi connectivity index (χ2v) is 5.71. The van der Waals surface area contributed by atoms with Gasteiger partial charge in [0.05, 0.1) is 7.11 Å². The maximum Gasteiger partial charge on any atom is 0.121 e. The van der Waals surface area contributed by atoms with E-state index in [1.165, 1.54) is 0 Å². The van der Waals surface area contributed by atoms with E-state index in [1.54, 1.807) is 13.2 Å². The second-order valence-electron chi connectivity index (χ2n) is 3.86. The highest BCUT2D eigenvalue weighted by atomic mass is 32.2. The zero-order valence-electron chi connectivity index (χ0n) is 10.0. The van der Waals surface area contributed by atoms with Crippen LogP contribution in [0.1, 0.15) is 25.8 Å². The molecule has 0 radical (unpaired) electrons. The highest BCUT2D eigenvalue weighted by Gasteiger charge is 2.10.